The Morgan fingerprint density at radius 2 is 1.81 bits per heavy atom. The minimum absolute atomic E-state index is 0.105. The lowest BCUT2D eigenvalue weighted by Crippen LogP contribution is -2.17. The second-order valence-corrected chi connectivity index (χ2v) is 8.66. The van der Waals surface area contributed by atoms with E-state index in [2.05, 4.69) is 4.40 Å². The molecule has 0 unspecified atom stereocenters. The van der Waals surface area contributed by atoms with Crippen LogP contribution in [-0.4, -0.2) is 26.2 Å². The van der Waals surface area contributed by atoms with Gasteiger partial charge in [-0.2, -0.15) is 8.42 Å². The molecular weight excluding hydrogens is 396 g/mol. The first kappa shape index (κ1) is 17.4. The van der Waals surface area contributed by atoms with Gasteiger partial charge in [-0.3, -0.25) is 0 Å². The molecule has 2 heterocycles. The molecule has 0 saturated carbocycles. The average Bonchev–Trinajstić information content (AvgIpc) is 2.95. The number of aryl methyl sites for hydroxylation is 1. The van der Waals surface area contributed by atoms with E-state index in [4.69, 9.17) is 21.1 Å². The first-order valence-electron chi connectivity index (χ1n) is 7.97. The summed E-state index contributed by atoms with van der Waals surface area (Å²) in [4.78, 5) is 0.507. The van der Waals surface area contributed by atoms with Gasteiger partial charge in [0, 0.05) is 23.7 Å². The number of rotatable bonds is 3. The van der Waals surface area contributed by atoms with Crippen LogP contribution in [0.25, 0.3) is 10.2 Å². The van der Waals surface area contributed by atoms with Crippen LogP contribution in [-0.2, 0) is 16.6 Å². The van der Waals surface area contributed by atoms with Crippen LogP contribution in [0, 0.1) is 0 Å². The van der Waals surface area contributed by atoms with Gasteiger partial charge in [0.2, 0.25) is 4.80 Å². The van der Waals surface area contributed by atoms with Crippen LogP contribution in [0.15, 0.2) is 45.7 Å². The zero-order chi connectivity index (χ0) is 18.3. The van der Waals surface area contributed by atoms with Gasteiger partial charge in [0.05, 0.1) is 15.1 Å². The third kappa shape index (κ3) is 3.08. The zero-order valence-electron chi connectivity index (χ0n) is 13.8. The number of aromatic nitrogens is 1. The molecule has 0 saturated heterocycles. The van der Waals surface area contributed by atoms with Crippen molar-refractivity contribution in [1.29, 1.82) is 0 Å². The van der Waals surface area contributed by atoms with Crippen molar-refractivity contribution in [2.24, 2.45) is 4.40 Å². The minimum atomic E-state index is -3.84. The highest BCUT2D eigenvalue weighted by atomic mass is 35.5. The normalized spacial score (nSPS) is 14.8. The molecule has 0 fully saturated rings. The molecule has 26 heavy (non-hydrogen) atoms. The Hall–Kier alpha value is -2.03. The molecule has 0 atom stereocenters. The highest BCUT2D eigenvalue weighted by molar-refractivity contribution is 7.90. The quantitative estimate of drug-likeness (QED) is 0.663. The van der Waals surface area contributed by atoms with E-state index >= 15 is 0 Å². The van der Waals surface area contributed by atoms with Crippen LogP contribution in [0.5, 0.6) is 11.5 Å². The number of hydrogen-bond acceptors (Lipinski definition) is 5. The number of thiazole rings is 1. The molecule has 0 aliphatic carbocycles. The van der Waals surface area contributed by atoms with Gasteiger partial charge < -0.3 is 14.0 Å². The summed E-state index contributed by atoms with van der Waals surface area (Å²) in [5.74, 6) is 1.33. The maximum Gasteiger partial charge on any atom is 0.285 e. The van der Waals surface area contributed by atoms with Crippen molar-refractivity contribution in [1.82, 2.24) is 4.57 Å². The van der Waals surface area contributed by atoms with Gasteiger partial charge in [0.15, 0.2) is 11.5 Å². The van der Waals surface area contributed by atoms with Crippen molar-refractivity contribution in [3.63, 3.8) is 0 Å². The summed E-state index contributed by atoms with van der Waals surface area (Å²) < 4.78 is 43.3. The Morgan fingerprint density at radius 3 is 2.46 bits per heavy atom. The van der Waals surface area contributed by atoms with E-state index in [0.717, 1.165) is 10.2 Å². The maximum atomic E-state index is 12.6. The molecule has 0 bridgehead atoms. The van der Waals surface area contributed by atoms with Gasteiger partial charge >= 0.3 is 0 Å². The summed E-state index contributed by atoms with van der Waals surface area (Å²) in [6.45, 7) is 3.52. The van der Waals surface area contributed by atoms with Crippen molar-refractivity contribution in [3.8, 4) is 11.5 Å². The number of benzene rings is 2. The topological polar surface area (TPSA) is 69.9 Å². The standard InChI is InChI=1S/C17H15ClN2O4S2/c1-2-20-13-9-14-15(24-8-7-23-14)10-16(13)25-17(20)19-26(21,22)12-5-3-11(18)4-6-12/h3-6,9-10H,2,7-8H2,1H3/b19-17-. The summed E-state index contributed by atoms with van der Waals surface area (Å²) in [6.07, 6.45) is 0. The maximum absolute atomic E-state index is 12.6. The smallest absolute Gasteiger partial charge is 0.285 e. The Balaban J connectivity index is 1.90. The van der Waals surface area contributed by atoms with Crippen LogP contribution in [0.3, 0.4) is 0 Å². The summed E-state index contributed by atoms with van der Waals surface area (Å²) in [5, 5.41) is 0.472. The number of fused-ring (bicyclic) bond motifs is 2. The van der Waals surface area contributed by atoms with E-state index < -0.39 is 10.0 Å². The predicted molar refractivity (Wildman–Crippen MR) is 101 cm³/mol. The highest BCUT2D eigenvalue weighted by Crippen LogP contribution is 2.35. The van der Waals surface area contributed by atoms with Gasteiger partial charge in [0.1, 0.15) is 13.2 Å². The van der Waals surface area contributed by atoms with Crippen LogP contribution < -0.4 is 14.3 Å². The summed E-state index contributed by atoms with van der Waals surface area (Å²) in [7, 11) is -3.84. The van der Waals surface area contributed by atoms with Crippen molar-refractivity contribution in [2.75, 3.05) is 13.2 Å². The van der Waals surface area contributed by atoms with E-state index in [1.54, 1.807) is 0 Å². The second-order valence-electron chi connectivity index (χ2n) is 5.61. The predicted octanol–water partition coefficient (Wildman–Crippen LogP) is 3.44. The van der Waals surface area contributed by atoms with Gasteiger partial charge in [-0.15, -0.1) is 4.40 Å². The molecular formula is C17H15ClN2O4S2. The van der Waals surface area contributed by atoms with Gasteiger partial charge in [-0.25, -0.2) is 0 Å². The van der Waals surface area contributed by atoms with Crippen LogP contribution in [0.1, 0.15) is 6.92 Å². The number of sulfonamides is 1. The van der Waals surface area contributed by atoms with Gasteiger partial charge in [0.25, 0.3) is 10.0 Å². The first-order chi connectivity index (χ1) is 12.5. The Morgan fingerprint density at radius 1 is 1.15 bits per heavy atom. The molecule has 1 aromatic heterocycles. The van der Waals surface area contributed by atoms with Gasteiger partial charge in [-0.1, -0.05) is 22.9 Å². The van der Waals surface area contributed by atoms with E-state index in [-0.39, 0.29) is 4.90 Å². The molecule has 4 rings (SSSR count). The third-order valence-electron chi connectivity index (χ3n) is 3.97. The molecule has 0 radical (unpaired) electrons. The lowest BCUT2D eigenvalue weighted by atomic mass is 10.2. The fourth-order valence-electron chi connectivity index (χ4n) is 2.74. The van der Waals surface area contributed by atoms with Crippen molar-refractivity contribution >= 4 is 43.2 Å². The fraction of sp³-hybridized carbons (Fsp3) is 0.235. The highest BCUT2D eigenvalue weighted by Gasteiger charge is 2.18. The number of hydrogen-bond donors (Lipinski definition) is 0. The van der Waals surface area contributed by atoms with E-state index in [9.17, 15) is 8.42 Å². The van der Waals surface area contributed by atoms with Gasteiger partial charge in [-0.05, 0) is 31.2 Å². The molecule has 0 amide bonds. The lowest BCUT2D eigenvalue weighted by molar-refractivity contribution is 0.172. The van der Waals surface area contributed by atoms with Crippen molar-refractivity contribution in [2.45, 2.75) is 18.4 Å². The molecule has 0 N–H and O–H groups in total. The van der Waals surface area contributed by atoms with Crippen molar-refractivity contribution < 1.29 is 17.9 Å². The number of nitrogens with zero attached hydrogens (tertiary/aromatic N) is 2. The van der Waals surface area contributed by atoms with E-state index in [0.29, 0.717) is 41.1 Å². The molecule has 6 nitrogen and oxygen atoms in total. The lowest BCUT2D eigenvalue weighted by Gasteiger charge is -2.18. The number of halogens is 1. The first-order valence-corrected chi connectivity index (χ1v) is 10.6. The van der Waals surface area contributed by atoms with E-state index in [1.807, 2.05) is 23.6 Å². The zero-order valence-corrected chi connectivity index (χ0v) is 16.2. The Kier molecular flexibility index (Phi) is 4.42. The molecule has 0 spiro atoms. The molecule has 3 aromatic rings. The summed E-state index contributed by atoms with van der Waals surface area (Å²) >= 11 is 7.14. The molecule has 1 aliphatic heterocycles. The molecule has 136 valence electrons. The summed E-state index contributed by atoms with van der Waals surface area (Å²) in [6, 6.07) is 9.71. The monoisotopic (exact) mass is 410 g/mol. The van der Waals surface area contributed by atoms with Crippen LogP contribution in [0.4, 0.5) is 0 Å². The molecule has 9 heteroatoms. The van der Waals surface area contributed by atoms with Crippen LogP contribution >= 0.6 is 22.9 Å². The second kappa shape index (κ2) is 6.61. The fourth-order valence-corrected chi connectivity index (χ4v) is 5.18. The minimum Gasteiger partial charge on any atom is -0.486 e. The average molecular weight is 411 g/mol. The van der Waals surface area contributed by atoms with E-state index in [1.165, 1.54) is 35.6 Å². The third-order valence-corrected chi connectivity index (χ3v) is 6.66. The molecule has 1 aliphatic rings. The Bertz CT molecular complexity index is 1150. The Labute approximate surface area is 159 Å². The van der Waals surface area contributed by atoms with Crippen molar-refractivity contribution in [3.05, 3.63) is 46.2 Å². The van der Waals surface area contributed by atoms with Crippen LogP contribution in [0.2, 0.25) is 5.02 Å². The largest absolute Gasteiger partial charge is 0.486 e. The summed E-state index contributed by atoms with van der Waals surface area (Å²) in [5.41, 5.74) is 0.867. The molecule has 2 aromatic carbocycles. The SMILES string of the molecule is CCn1/c(=N/S(=O)(=O)c2ccc(Cl)cc2)sc2cc3c(cc21)OCCO3. The number of ether oxygens (including phenoxy) is 2.